The van der Waals surface area contributed by atoms with Gasteiger partial charge in [0, 0.05) is 16.7 Å². The molecule has 2 heterocycles. The Kier molecular flexibility index (Phi) is 2.55. The number of fused-ring (bicyclic) bond motifs is 3. The summed E-state index contributed by atoms with van der Waals surface area (Å²) in [7, 11) is -0.319. The van der Waals surface area contributed by atoms with Crippen LogP contribution in [0, 0.1) is 0 Å². The SMILES string of the molecule is CC1(c2ccccc2)c2ccccc2-c2cccc[p+]21. The first-order valence-electron chi connectivity index (χ1n) is 6.98. The number of benzene rings is 2. The Morgan fingerprint density at radius 3 is 2.30 bits per heavy atom. The zero-order valence-electron chi connectivity index (χ0n) is 11.5. The van der Waals surface area contributed by atoms with Gasteiger partial charge in [-0.3, -0.25) is 0 Å². The fraction of sp³-hybridized carbons (Fsp3) is 0.105. The summed E-state index contributed by atoms with van der Waals surface area (Å²) in [5.74, 6) is 2.41. The van der Waals surface area contributed by atoms with Crippen LogP contribution < -0.4 is 0 Å². The Hall–Kier alpha value is -1.91. The van der Waals surface area contributed by atoms with Crippen LogP contribution in [0.3, 0.4) is 0 Å². The minimum atomic E-state index is -0.319. The van der Waals surface area contributed by atoms with Crippen molar-refractivity contribution in [3.05, 3.63) is 89.7 Å². The lowest BCUT2D eigenvalue weighted by Crippen LogP contribution is -2.15. The second kappa shape index (κ2) is 4.30. The molecule has 1 aliphatic heterocycles. The summed E-state index contributed by atoms with van der Waals surface area (Å²) in [4.78, 5) is 0. The molecule has 2 unspecified atom stereocenters. The normalized spacial score (nSPS) is 20.4. The van der Waals surface area contributed by atoms with Gasteiger partial charge in [-0.15, -0.1) is 0 Å². The highest BCUT2D eigenvalue weighted by Gasteiger charge is 2.49. The highest BCUT2D eigenvalue weighted by atomic mass is 31.1. The number of rotatable bonds is 1. The molecule has 1 heteroatoms. The largest absolute Gasteiger partial charge is 0.179 e. The molecule has 0 nitrogen and oxygen atoms in total. The molecule has 96 valence electrons. The van der Waals surface area contributed by atoms with Gasteiger partial charge in [-0.25, -0.2) is 0 Å². The summed E-state index contributed by atoms with van der Waals surface area (Å²) in [6.45, 7) is 2.41. The molecule has 0 N–H and O–H groups in total. The minimum absolute atomic E-state index is 0.101. The van der Waals surface area contributed by atoms with Crippen LogP contribution in [0.4, 0.5) is 0 Å². The van der Waals surface area contributed by atoms with Gasteiger partial charge in [0.2, 0.25) is 0 Å². The Morgan fingerprint density at radius 1 is 0.750 bits per heavy atom. The van der Waals surface area contributed by atoms with Crippen LogP contribution in [0.1, 0.15) is 18.1 Å². The van der Waals surface area contributed by atoms with Crippen molar-refractivity contribution in [2.24, 2.45) is 0 Å². The molecule has 4 rings (SSSR count). The molecule has 3 aromatic rings. The fourth-order valence-corrected chi connectivity index (χ4v) is 6.17. The molecule has 20 heavy (non-hydrogen) atoms. The maximum Gasteiger partial charge on any atom is 0.179 e. The smallest absolute Gasteiger partial charge is 0.0622 e. The average molecular weight is 275 g/mol. The fourth-order valence-electron chi connectivity index (χ4n) is 3.37. The first-order chi connectivity index (χ1) is 9.82. The molecule has 0 radical (unpaired) electrons. The molecule has 1 aromatic heterocycles. The third-order valence-corrected chi connectivity index (χ3v) is 7.25. The third-order valence-electron chi connectivity index (χ3n) is 4.41. The van der Waals surface area contributed by atoms with E-state index in [9.17, 15) is 0 Å². The van der Waals surface area contributed by atoms with E-state index in [4.69, 9.17) is 0 Å². The molecule has 0 spiro atoms. The van der Waals surface area contributed by atoms with E-state index in [0.717, 1.165) is 0 Å². The molecular formula is C19H16P+. The highest BCUT2D eigenvalue weighted by Crippen LogP contribution is 2.65. The van der Waals surface area contributed by atoms with Gasteiger partial charge >= 0.3 is 0 Å². The third kappa shape index (κ3) is 1.46. The van der Waals surface area contributed by atoms with Gasteiger partial charge < -0.3 is 0 Å². The first-order valence-corrected chi connectivity index (χ1v) is 8.39. The molecule has 0 saturated heterocycles. The van der Waals surface area contributed by atoms with E-state index in [1.165, 1.54) is 22.0 Å². The van der Waals surface area contributed by atoms with Crippen LogP contribution in [0.25, 0.3) is 10.9 Å². The molecular weight excluding hydrogens is 259 g/mol. The van der Waals surface area contributed by atoms with E-state index in [0.29, 0.717) is 0 Å². The standard InChI is InChI=1S/C19H16P/c1-19(15-9-3-2-4-10-15)17-12-6-5-11-16(17)18-13-7-8-14-20(18)19/h2-14H,1H3/q+1. The van der Waals surface area contributed by atoms with Gasteiger partial charge in [0.1, 0.15) is 13.3 Å². The summed E-state index contributed by atoms with van der Waals surface area (Å²) in [5, 5.41) is 1.62. The van der Waals surface area contributed by atoms with Crippen molar-refractivity contribution in [3.63, 3.8) is 0 Å². The van der Waals surface area contributed by atoms with E-state index in [1.54, 1.807) is 0 Å². The van der Waals surface area contributed by atoms with Crippen LogP contribution in [0.2, 0.25) is 0 Å². The summed E-state index contributed by atoms with van der Waals surface area (Å²) in [5.41, 5.74) is 4.34. The zero-order valence-corrected chi connectivity index (χ0v) is 12.3. The van der Waals surface area contributed by atoms with E-state index in [2.05, 4.69) is 85.5 Å². The summed E-state index contributed by atoms with van der Waals surface area (Å²) >= 11 is 0. The van der Waals surface area contributed by atoms with Gasteiger partial charge in [-0.05, 0) is 19.1 Å². The first kappa shape index (κ1) is 11.9. The van der Waals surface area contributed by atoms with Gasteiger partial charge in [-0.2, -0.15) is 0 Å². The Morgan fingerprint density at radius 2 is 1.45 bits per heavy atom. The van der Waals surface area contributed by atoms with Crippen molar-refractivity contribution in [3.8, 4) is 10.9 Å². The molecule has 0 aliphatic carbocycles. The van der Waals surface area contributed by atoms with E-state index < -0.39 is 0 Å². The Labute approximate surface area is 120 Å². The van der Waals surface area contributed by atoms with E-state index in [-0.39, 0.29) is 12.7 Å². The highest BCUT2D eigenvalue weighted by molar-refractivity contribution is 7.54. The molecule has 0 fully saturated rings. The number of hydrogen-bond donors (Lipinski definition) is 0. The van der Waals surface area contributed by atoms with Crippen molar-refractivity contribution < 1.29 is 0 Å². The lowest BCUT2D eigenvalue weighted by Gasteiger charge is -2.19. The van der Waals surface area contributed by atoms with Gasteiger partial charge in [0.05, 0.1) is 0 Å². The van der Waals surface area contributed by atoms with Crippen LogP contribution in [0.15, 0.2) is 78.6 Å². The molecule has 0 bridgehead atoms. The molecule has 0 amide bonds. The van der Waals surface area contributed by atoms with Gasteiger partial charge in [-0.1, -0.05) is 60.7 Å². The lowest BCUT2D eigenvalue weighted by atomic mass is 9.89. The van der Waals surface area contributed by atoms with Gasteiger partial charge in [0.15, 0.2) is 10.5 Å². The van der Waals surface area contributed by atoms with E-state index in [1.807, 2.05) is 0 Å². The number of hydrogen-bond acceptors (Lipinski definition) is 0. The second-order valence-electron chi connectivity index (χ2n) is 5.44. The van der Waals surface area contributed by atoms with Crippen LogP contribution >= 0.6 is 7.53 Å². The second-order valence-corrected chi connectivity index (χ2v) is 7.85. The lowest BCUT2D eigenvalue weighted by molar-refractivity contribution is 0.843. The van der Waals surface area contributed by atoms with Crippen molar-refractivity contribution >= 4 is 7.53 Å². The summed E-state index contributed by atoms with van der Waals surface area (Å²) < 4.78 is 0. The van der Waals surface area contributed by atoms with Crippen LogP contribution in [0.5, 0.6) is 0 Å². The predicted octanol–water partition coefficient (Wildman–Crippen LogP) is 5.75. The van der Waals surface area contributed by atoms with Crippen molar-refractivity contribution in [2.45, 2.75) is 12.1 Å². The topological polar surface area (TPSA) is 0 Å². The van der Waals surface area contributed by atoms with Crippen molar-refractivity contribution in [1.82, 2.24) is 0 Å². The molecule has 1 aliphatic rings. The molecule has 2 atom stereocenters. The maximum absolute atomic E-state index is 2.41. The van der Waals surface area contributed by atoms with Crippen molar-refractivity contribution in [1.29, 1.82) is 0 Å². The zero-order chi connectivity index (χ0) is 13.6. The van der Waals surface area contributed by atoms with Gasteiger partial charge in [0.25, 0.3) is 0 Å². The van der Waals surface area contributed by atoms with Crippen LogP contribution in [-0.4, -0.2) is 0 Å². The quantitative estimate of drug-likeness (QED) is 0.530. The maximum atomic E-state index is 2.41. The minimum Gasteiger partial charge on any atom is -0.0622 e. The Bertz CT molecular complexity index is 729. The monoisotopic (exact) mass is 275 g/mol. The van der Waals surface area contributed by atoms with Crippen LogP contribution in [-0.2, 0) is 5.16 Å². The Balaban J connectivity index is 2.10. The molecule has 2 aromatic carbocycles. The predicted molar refractivity (Wildman–Crippen MR) is 87.3 cm³/mol. The summed E-state index contributed by atoms with van der Waals surface area (Å²) in [6.07, 6.45) is 0. The average Bonchev–Trinajstić information content (AvgIpc) is 2.80. The summed E-state index contributed by atoms with van der Waals surface area (Å²) in [6, 6.07) is 26.5. The molecule has 0 saturated carbocycles. The van der Waals surface area contributed by atoms with E-state index >= 15 is 0 Å². The van der Waals surface area contributed by atoms with Crippen molar-refractivity contribution in [2.75, 3.05) is 0 Å².